The van der Waals surface area contributed by atoms with Crippen LogP contribution in [0, 0.1) is 5.92 Å². The summed E-state index contributed by atoms with van der Waals surface area (Å²) in [5.74, 6) is 1.37. The normalized spacial score (nSPS) is 13.1. The second-order valence-corrected chi connectivity index (χ2v) is 6.96. The van der Waals surface area contributed by atoms with E-state index in [1.54, 1.807) is 12.1 Å². The van der Waals surface area contributed by atoms with Gasteiger partial charge < -0.3 is 15.4 Å². The maximum atomic E-state index is 12.3. The van der Waals surface area contributed by atoms with Crippen molar-refractivity contribution < 1.29 is 14.3 Å². The van der Waals surface area contributed by atoms with Gasteiger partial charge in [0.1, 0.15) is 5.75 Å². The van der Waals surface area contributed by atoms with Crippen molar-refractivity contribution in [1.82, 2.24) is 5.32 Å². The van der Waals surface area contributed by atoms with Gasteiger partial charge in [0.25, 0.3) is 5.91 Å². The highest BCUT2D eigenvalue weighted by atomic mass is 16.5. The van der Waals surface area contributed by atoms with E-state index in [-0.39, 0.29) is 11.8 Å². The van der Waals surface area contributed by atoms with E-state index in [4.69, 9.17) is 4.74 Å². The summed E-state index contributed by atoms with van der Waals surface area (Å²) in [6.45, 7) is 3.13. The monoisotopic (exact) mass is 366 g/mol. The highest BCUT2D eigenvalue weighted by Crippen LogP contribution is 2.29. The average Bonchev–Trinajstić information content (AvgIpc) is 3.50. The predicted octanol–water partition coefficient (Wildman–Crippen LogP) is 4.14. The molecule has 0 aliphatic heterocycles. The molecule has 2 amide bonds. The zero-order valence-corrected chi connectivity index (χ0v) is 15.7. The van der Waals surface area contributed by atoms with Crippen LogP contribution in [0.4, 0.5) is 5.69 Å². The van der Waals surface area contributed by atoms with E-state index >= 15 is 0 Å². The SMILES string of the molecule is CCCC(=O)Nc1cccc(CNC(=O)c2ccc(OCC3CC3)cc2)c1. The molecule has 1 aliphatic rings. The molecule has 5 heteroatoms. The van der Waals surface area contributed by atoms with Crippen molar-refractivity contribution in [3.63, 3.8) is 0 Å². The van der Waals surface area contributed by atoms with Gasteiger partial charge >= 0.3 is 0 Å². The van der Waals surface area contributed by atoms with Gasteiger partial charge in [-0.2, -0.15) is 0 Å². The Kier molecular flexibility index (Phi) is 6.47. The van der Waals surface area contributed by atoms with E-state index in [0.717, 1.165) is 30.0 Å². The summed E-state index contributed by atoms with van der Waals surface area (Å²) in [6.07, 6.45) is 3.82. The summed E-state index contributed by atoms with van der Waals surface area (Å²) in [4.78, 5) is 24.0. The van der Waals surface area contributed by atoms with Crippen molar-refractivity contribution in [2.75, 3.05) is 11.9 Å². The van der Waals surface area contributed by atoms with Crippen LogP contribution in [0.5, 0.6) is 5.75 Å². The largest absolute Gasteiger partial charge is 0.493 e. The number of nitrogens with one attached hydrogen (secondary N) is 2. The molecule has 0 aromatic heterocycles. The number of ether oxygens (including phenoxy) is 1. The van der Waals surface area contributed by atoms with Crippen LogP contribution in [-0.4, -0.2) is 18.4 Å². The number of carbonyl (C=O) groups excluding carboxylic acids is 2. The Hall–Kier alpha value is -2.82. The fraction of sp³-hybridized carbons (Fsp3) is 0.364. The van der Waals surface area contributed by atoms with E-state index in [2.05, 4.69) is 10.6 Å². The summed E-state index contributed by atoms with van der Waals surface area (Å²) in [6, 6.07) is 14.7. The maximum absolute atomic E-state index is 12.3. The minimum absolute atomic E-state index is 0.00248. The minimum atomic E-state index is -0.135. The predicted molar refractivity (Wildman–Crippen MR) is 106 cm³/mol. The zero-order chi connectivity index (χ0) is 19.1. The molecule has 2 aromatic carbocycles. The smallest absolute Gasteiger partial charge is 0.251 e. The van der Waals surface area contributed by atoms with Gasteiger partial charge in [0.05, 0.1) is 6.61 Å². The third-order valence-corrected chi connectivity index (χ3v) is 4.44. The highest BCUT2D eigenvalue weighted by Gasteiger charge is 2.21. The molecule has 0 unspecified atom stereocenters. The molecule has 0 atom stereocenters. The lowest BCUT2D eigenvalue weighted by molar-refractivity contribution is -0.116. The van der Waals surface area contributed by atoms with Crippen LogP contribution >= 0.6 is 0 Å². The quantitative estimate of drug-likeness (QED) is 0.701. The first kappa shape index (κ1) is 19.0. The molecule has 2 N–H and O–H groups in total. The Bertz CT molecular complexity index is 782. The van der Waals surface area contributed by atoms with E-state index in [1.807, 2.05) is 43.3 Å². The van der Waals surface area contributed by atoms with Crippen molar-refractivity contribution in [3.8, 4) is 5.75 Å². The molecule has 3 rings (SSSR count). The third-order valence-electron chi connectivity index (χ3n) is 4.44. The average molecular weight is 366 g/mol. The van der Waals surface area contributed by atoms with Crippen molar-refractivity contribution in [2.45, 2.75) is 39.2 Å². The number of anilines is 1. The van der Waals surface area contributed by atoms with Gasteiger partial charge in [0, 0.05) is 24.2 Å². The number of rotatable bonds is 9. The van der Waals surface area contributed by atoms with Crippen LogP contribution in [0.25, 0.3) is 0 Å². The Labute approximate surface area is 160 Å². The first-order chi connectivity index (χ1) is 13.1. The number of carbonyl (C=O) groups is 2. The molecule has 27 heavy (non-hydrogen) atoms. The van der Waals surface area contributed by atoms with Crippen LogP contribution in [0.3, 0.4) is 0 Å². The van der Waals surface area contributed by atoms with Gasteiger partial charge in [0.2, 0.25) is 5.91 Å². The van der Waals surface area contributed by atoms with Crippen molar-refractivity contribution in [1.29, 1.82) is 0 Å². The number of hydrogen-bond donors (Lipinski definition) is 2. The van der Waals surface area contributed by atoms with Gasteiger partial charge in [-0.1, -0.05) is 19.1 Å². The summed E-state index contributed by atoms with van der Waals surface area (Å²) < 4.78 is 5.69. The van der Waals surface area contributed by atoms with E-state index in [9.17, 15) is 9.59 Å². The molecule has 0 spiro atoms. The molecular formula is C22H26N2O3. The van der Waals surface area contributed by atoms with E-state index in [0.29, 0.717) is 24.4 Å². The Morgan fingerprint density at radius 1 is 1.11 bits per heavy atom. The molecule has 0 heterocycles. The molecule has 142 valence electrons. The second kappa shape index (κ2) is 9.21. The van der Waals surface area contributed by atoms with E-state index in [1.165, 1.54) is 12.8 Å². The van der Waals surface area contributed by atoms with Crippen molar-refractivity contribution in [2.24, 2.45) is 5.92 Å². The number of amides is 2. The van der Waals surface area contributed by atoms with Crippen LogP contribution < -0.4 is 15.4 Å². The zero-order valence-electron chi connectivity index (χ0n) is 15.7. The maximum Gasteiger partial charge on any atom is 0.251 e. The van der Waals surface area contributed by atoms with Crippen molar-refractivity contribution >= 4 is 17.5 Å². The fourth-order valence-electron chi connectivity index (χ4n) is 2.70. The molecular weight excluding hydrogens is 340 g/mol. The molecule has 0 bridgehead atoms. The number of hydrogen-bond acceptors (Lipinski definition) is 3. The van der Waals surface area contributed by atoms with Crippen LogP contribution in [-0.2, 0) is 11.3 Å². The second-order valence-electron chi connectivity index (χ2n) is 6.96. The molecule has 1 saturated carbocycles. The minimum Gasteiger partial charge on any atom is -0.493 e. The standard InChI is InChI=1S/C22H26N2O3/c1-2-4-21(25)24-19-6-3-5-17(13-19)14-23-22(26)18-9-11-20(12-10-18)27-15-16-7-8-16/h3,5-6,9-13,16H,2,4,7-8,14-15H2,1H3,(H,23,26)(H,24,25). The lowest BCUT2D eigenvalue weighted by Gasteiger charge is -2.09. The summed E-state index contributed by atoms with van der Waals surface area (Å²) in [5.41, 5.74) is 2.28. The summed E-state index contributed by atoms with van der Waals surface area (Å²) in [5, 5.41) is 5.78. The lowest BCUT2D eigenvalue weighted by atomic mass is 10.1. The molecule has 1 fully saturated rings. The lowest BCUT2D eigenvalue weighted by Crippen LogP contribution is -2.22. The first-order valence-corrected chi connectivity index (χ1v) is 9.54. The first-order valence-electron chi connectivity index (χ1n) is 9.54. The van der Waals surface area contributed by atoms with Gasteiger partial charge in [-0.15, -0.1) is 0 Å². The molecule has 2 aromatic rings. The highest BCUT2D eigenvalue weighted by molar-refractivity contribution is 5.94. The van der Waals surface area contributed by atoms with E-state index < -0.39 is 0 Å². The molecule has 0 radical (unpaired) electrons. The van der Waals surface area contributed by atoms with Gasteiger partial charge in [-0.25, -0.2) is 0 Å². The Morgan fingerprint density at radius 3 is 2.59 bits per heavy atom. The van der Waals surface area contributed by atoms with Crippen LogP contribution in [0.15, 0.2) is 48.5 Å². The Balaban J connectivity index is 1.50. The molecule has 5 nitrogen and oxygen atoms in total. The Morgan fingerprint density at radius 2 is 1.89 bits per heavy atom. The van der Waals surface area contributed by atoms with Crippen molar-refractivity contribution in [3.05, 3.63) is 59.7 Å². The summed E-state index contributed by atoms with van der Waals surface area (Å²) in [7, 11) is 0. The molecule has 1 aliphatic carbocycles. The van der Waals surface area contributed by atoms with Crippen LogP contribution in [0.2, 0.25) is 0 Å². The van der Waals surface area contributed by atoms with Gasteiger partial charge in [-0.3, -0.25) is 9.59 Å². The third kappa shape index (κ3) is 6.13. The summed E-state index contributed by atoms with van der Waals surface area (Å²) >= 11 is 0. The van der Waals surface area contributed by atoms with Gasteiger partial charge in [0.15, 0.2) is 0 Å². The van der Waals surface area contributed by atoms with Gasteiger partial charge in [-0.05, 0) is 67.1 Å². The fourth-order valence-corrected chi connectivity index (χ4v) is 2.70. The molecule has 0 saturated heterocycles. The topological polar surface area (TPSA) is 67.4 Å². The van der Waals surface area contributed by atoms with Crippen LogP contribution in [0.1, 0.15) is 48.5 Å². The number of benzene rings is 2.